The van der Waals surface area contributed by atoms with Gasteiger partial charge in [0.05, 0.1) is 0 Å². The zero-order valence-corrected chi connectivity index (χ0v) is 8.51. The molecule has 1 amide bonds. The summed E-state index contributed by atoms with van der Waals surface area (Å²) in [5.41, 5.74) is 5.06. The van der Waals surface area contributed by atoms with Crippen molar-refractivity contribution in [2.75, 3.05) is 19.6 Å². The van der Waals surface area contributed by atoms with Gasteiger partial charge in [-0.25, -0.2) is 0 Å². The molecular formula is C10H19N3O. The van der Waals surface area contributed by atoms with Crippen molar-refractivity contribution in [3.8, 4) is 0 Å². The van der Waals surface area contributed by atoms with Gasteiger partial charge < -0.3 is 16.4 Å². The fourth-order valence-corrected chi connectivity index (χ4v) is 2.03. The van der Waals surface area contributed by atoms with E-state index < -0.39 is 5.54 Å². The second-order valence-electron chi connectivity index (χ2n) is 4.52. The Morgan fingerprint density at radius 1 is 1.43 bits per heavy atom. The third kappa shape index (κ3) is 2.07. The number of nitrogens with two attached hydrogens (primary N) is 1. The van der Waals surface area contributed by atoms with E-state index in [-0.39, 0.29) is 5.91 Å². The molecule has 0 aromatic heterocycles. The minimum Gasteiger partial charge on any atom is -0.368 e. The summed E-state index contributed by atoms with van der Waals surface area (Å²) in [4.78, 5) is 11.4. The lowest BCUT2D eigenvalue weighted by atomic mass is 9.87. The van der Waals surface area contributed by atoms with Crippen LogP contribution in [0, 0.1) is 5.92 Å². The highest BCUT2D eigenvalue weighted by atomic mass is 16.1. The van der Waals surface area contributed by atoms with Gasteiger partial charge in [0.2, 0.25) is 5.91 Å². The van der Waals surface area contributed by atoms with E-state index in [0.29, 0.717) is 0 Å². The van der Waals surface area contributed by atoms with Crippen molar-refractivity contribution in [2.24, 2.45) is 11.7 Å². The molecule has 0 bridgehead atoms. The number of hydrogen-bond acceptors (Lipinski definition) is 3. The molecule has 4 heteroatoms. The lowest BCUT2D eigenvalue weighted by molar-refractivity contribution is -0.125. The SMILES string of the molecule is NC(=O)C1(NCC2CC2)CCNCC1. The van der Waals surface area contributed by atoms with Crippen molar-refractivity contribution < 1.29 is 4.79 Å². The van der Waals surface area contributed by atoms with Gasteiger partial charge in [-0.15, -0.1) is 0 Å². The highest BCUT2D eigenvalue weighted by molar-refractivity contribution is 5.84. The third-order valence-electron chi connectivity index (χ3n) is 3.35. The molecule has 1 aliphatic carbocycles. The van der Waals surface area contributed by atoms with Gasteiger partial charge in [0, 0.05) is 0 Å². The number of hydrogen-bond donors (Lipinski definition) is 3. The summed E-state index contributed by atoms with van der Waals surface area (Å²) in [7, 11) is 0. The van der Waals surface area contributed by atoms with Gasteiger partial charge in [-0.2, -0.15) is 0 Å². The summed E-state index contributed by atoms with van der Waals surface area (Å²) < 4.78 is 0. The molecule has 0 aromatic rings. The Morgan fingerprint density at radius 2 is 2.07 bits per heavy atom. The highest BCUT2D eigenvalue weighted by Gasteiger charge is 2.38. The number of primary amides is 1. The monoisotopic (exact) mass is 197 g/mol. The fourth-order valence-electron chi connectivity index (χ4n) is 2.03. The average molecular weight is 197 g/mol. The lowest BCUT2D eigenvalue weighted by Gasteiger charge is -2.35. The molecule has 0 radical (unpaired) electrons. The first-order chi connectivity index (χ1) is 6.73. The Kier molecular flexibility index (Phi) is 2.74. The number of amides is 1. The smallest absolute Gasteiger partial charge is 0.237 e. The minimum atomic E-state index is -0.423. The summed E-state index contributed by atoms with van der Waals surface area (Å²) in [5, 5.41) is 6.63. The van der Waals surface area contributed by atoms with Gasteiger partial charge in [0.25, 0.3) is 0 Å². The molecule has 0 aromatic carbocycles. The van der Waals surface area contributed by atoms with E-state index in [0.717, 1.165) is 38.4 Å². The van der Waals surface area contributed by atoms with E-state index >= 15 is 0 Å². The average Bonchev–Trinajstić information content (AvgIpc) is 2.99. The van der Waals surface area contributed by atoms with Crippen LogP contribution in [0.5, 0.6) is 0 Å². The predicted octanol–water partition coefficient (Wildman–Crippen LogP) is -0.407. The quantitative estimate of drug-likeness (QED) is 0.574. The van der Waals surface area contributed by atoms with Crippen LogP contribution >= 0.6 is 0 Å². The van der Waals surface area contributed by atoms with E-state index in [2.05, 4.69) is 10.6 Å². The van der Waals surface area contributed by atoms with Crippen LogP contribution in [0.15, 0.2) is 0 Å². The molecule has 1 saturated carbocycles. The molecule has 0 atom stereocenters. The van der Waals surface area contributed by atoms with E-state index in [9.17, 15) is 4.79 Å². The molecule has 0 unspecified atom stereocenters. The number of nitrogens with one attached hydrogen (secondary N) is 2. The van der Waals surface area contributed by atoms with E-state index in [1.807, 2.05) is 0 Å². The number of carbonyl (C=O) groups excluding carboxylic acids is 1. The molecule has 2 aliphatic rings. The summed E-state index contributed by atoms with van der Waals surface area (Å²) in [6, 6.07) is 0. The van der Waals surface area contributed by atoms with Crippen LogP contribution in [0.3, 0.4) is 0 Å². The maximum atomic E-state index is 11.4. The Balaban J connectivity index is 1.92. The standard InChI is InChI=1S/C10H19N3O/c11-9(14)10(3-5-12-6-4-10)13-7-8-1-2-8/h8,12-13H,1-7H2,(H2,11,14). The number of carbonyl (C=O) groups is 1. The maximum Gasteiger partial charge on any atom is 0.237 e. The Hall–Kier alpha value is -0.610. The van der Waals surface area contributed by atoms with Crippen LogP contribution in [0.2, 0.25) is 0 Å². The van der Waals surface area contributed by atoms with Gasteiger partial charge in [0.1, 0.15) is 5.54 Å². The number of piperidine rings is 1. The topological polar surface area (TPSA) is 67.2 Å². The molecule has 1 heterocycles. The Morgan fingerprint density at radius 3 is 2.57 bits per heavy atom. The molecule has 0 spiro atoms. The number of rotatable bonds is 4. The first-order valence-electron chi connectivity index (χ1n) is 5.49. The molecular weight excluding hydrogens is 178 g/mol. The molecule has 4 N–H and O–H groups in total. The Bertz CT molecular complexity index is 219. The van der Waals surface area contributed by atoms with Crippen molar-refractivity contribution in [3.63, 3.8) is 0 Å². The van der Waals surface area contributed by atoms with Gasteiger partial charge in [-0.1, -0.05) is 0 Å². The van der Waals surface area contributed by atoms with Gasteiger partial charge >= 0.3 is 0 Å². The fraction of sp³-hybridized carbons (Fsp3) is 0.900. The van der Waals surface area contributed by atoms with Crippen molar-refractivity contribution in [2.45, 2.75) is 31.2 Å². The van der Waals surface area contributed by atoms with Crippen molar-refractivity contribution >= 4 is 5.91 Å². The van der Waals surface area contributed by atoms with Crippen LogP contribution in [-0.4, -0.2) is 31.1 Å². The summed E-state index contributed by atoms with van der Waals surface area (Å²) >= 11 is 0. The molecule has 2 rings (SSSR count). The van der Waals surface area contributed by atoms with Crippen molar-refractivity contribution in [3.05, 3.63) is 0 Å². The van der Waals surface area contributed by atoms with Gasteiger partial charge in [0.15, 0.2) is 0 Å². The van der Waals surface area contributed by atoms with Gasteiger partial charge in [-0.05, 0) is 51.2 Å². The molecule has 2 fully saturated rings. The van der Waals surface area contributed by atoms with E-state index in [4.69, 9.17) is 5.73 Å². The zero-order valence-electron chi connectivity index (χ0n) is 8.51. The third-order valence-corrected chi connectivity index (χ3v) is 3.35. The highest BCUT2D eigenvalue weighted by Crippen LogP contribution is 2.29. The second kappa shape index (κ2) is 3.87. The summed E-state index contributed by atoms with van der Waals surface area (Å²) in [5.74, 6) is 0.612. The van der Waals surface area contributed by atoms with Crippen LogP contribution in [0.4, 0.5) is 0 Å². The first-order valence-corrected chi connectivity index (χ1v) is 5.49. The van der Waals surface area contributed by atoms with Crippen molar-refractivity contribution in [1.82, 2.24) is 10.6 Å². The summed E-state index contributed by atoms with van der Waals surface area (Å²) in [6.07, 6.45) is 4.27. The van der Waals surface area contributed by atoms with Gasteiger partial charge in [-0.3, -0.25) is 4.79 Å². The molecule has 1 saturated heterocycles. The second-order valence-corrected chi connectivity index (χ2v) is 4.52. The molecule has 4 nitrogen and oxygen atoms in total. The predicted molar refractivity (Wildman–Crippen MR) is 54.8 cm³/mol. The largest absolute Gasteiger partial charge is 0.368 e. The Labute approximate surface area is 84.6 Å². The van der Waals surface area contributed by atoms with E-state index in [1.165, 1.54) is 12.8 Å². The molecule has 14 heavy (non-hydrogen) atoms. The first kappa shape index (κ1) is 9.93. The maximum absolute atomic E-state index is 11.4. The lowest BCUT2D eigenvalue weighted by Crippen LogP contribution is -2.60. The normalized spacial score (nSPS) is 26.0. The summed E-state index contributed by atoms with van der Waals surface area (Å²) in [6.45, 7) is 2.74. The molecule has 1 aliphatic heterocycles. The van der Waals surface area contributed by atoms with Crippen LogP contribution in [0.1, 0.15) is 25.7 Å². The van der Waals surface area contributed by atoms with Crippen LogP contribution < -0.4 is 16.4 Å². The zero-order chi connectivity index (χ0) is 10.0. The van der Waals surface area contributed by atoms with Crippen LogP contribution in [-0.2, 0) is 4.79 Å². The van der Waals surface area contributed by atoms with E-state index in [1.54, 1.807) is 0 Å². The van der Waals surface area contributed by atoms with Crippen LogP contribution in [0.25, 0.3) is 0 Å². The van der Waals surface area contributed by atoms with Crippen molar-refractivity contribution in [1.29, 1.82) is 0 Å². The minimum absolute atomic E-state index is 0.181. The molecule has 80 valence electrons.